The standard InChI is InChI=1S/C11H12BrNO3/c1-14-5-6-15-8-16-11-9(7-13)3-2-4-10(11)12/h2-4H,5-6,8H2,1H3. The molecule has 0 bridgehead atoms. The number of nitrogens with zero attached hydrogens (tertiary/aromatic N) is 1. The van der Waals surface area contributed by atoms with E-state index in [0.717, 1.165) is 4.47 Å². The summed E-state index contributed by atoms with van der Waals surface area (Å²) in [4.78, 5) is 0. The summed E-state index contributed by atoms with van der Waals surface area (Å²) in [6, 6.07) is 7.33. The van der Waals surface area contributed by atoms with Crippen molar-refractivity contribution in [3.05, 3.63) is 28.2 Å². The van der Waals surface area contributed by atoms with E-state index in [0.29, 0.717) is 24.5 Å². The van der Waals surface area contributed by atoms with Gasteiger partial charge in [-0.2, -0.15) is 5.26 Å². The van der Waals surface area contributed by atoms with Gasteiger partial charge in [-0.25, -0.2) is 0 Å². The molecule has 0 fully saturated rings. The molecular formula is C11H12BrNO3. The van der Waals surface area contributed by atoms with Gasteiger partial charge >= 0.3 is 0 Å². The first-order valence-electron chi connectivity index (χ1n) is 4.67. The first kappa shape index (κ1) is 13.0. The smallest absolute Gasteiger partial charge is 0.189 e. The molecule has 5 heteroatoms. The molecule has 1 aromatic rings. The van der Waals surface area contributed by atoms with Crippen LogP contribution in [0.2, 0.25) is 0 Å². The fourth-order valence-electron chi connectivity index (χ4n) is 1.05. The Morgan fingerprint density at radius 3 is 2.88 bits per heavy atom. The Hall–Kier alpha value is -1.09. The lowest BCUT2D eigenvalue weighted by molar-refractivity contribution is -0.00892. The number of para-hydroxylation sites is 1. The fraction of sp³-hybridized carbons (Fsp3) is 0.364. The molecule has 0 saturated heterocycles. The van der Waals surface area contributed by atoms with Crippen molar-refractivity contribution < 1.29 is 14.2 Å². The number of halogens is 1. The first-order valence-corrected chi connectivity index (χ1v) is 5.47. The summed E-state index contributed by atoms with van der Waals surface area (Å²) < 4.78 is 16.1. The Morgan fingerprint density at radius 2 is 2.19 bits per heavy atom. The van der Waals surface area contributed by atoms with E-state index in [2.05, 4.69) is 22.0 Å². The molecule has 0 aliphatic carbocycles. The van der Waals surface area contributed by atoms with Gasteiger partial charge in [0.1, 0.15) is 6.07 Å². The highest BCUT2D eigenvalue weighted by atomic mass is 79.9. The third-order valence-electron chi connectivity index (χ3n) is 1.81. The molecule has 0 radical (unpaired) electrons. The van der Waals surface area contributed by atoms with E-state index < -0.39 is 0 Å². The van der Waals surface area contributed by atoms with Crippen LogP contribution in [0.5, 0.6) is 5.75 Å². The minimum absolute atomic E-state index is 0.0979. The van der Waals surface area contributed by atoms with E-state index in [1.165, 1.54) is 0 Å². The van der Waals surface area contributed by atoms with Crippen LogP contribution >= 0.6 is 15.9 Å². The van der Waals surface area contributed by atoms with Crippen LogP contribution in [-0.4, -0.2) is 27.1 Å². The van der Waals surface area contributed by atoms with Crippen LogP contribution in [0.25, 0.3) is 0 Å². The molecule has 86 valence electrons. The molecule has 0 atom stereocenters. The zero-order valence-electron chi connectivity index (χ0n) is 8.90. The van der Waals surface area contributed by atoms with E-state index in [9.17, 15) is 0 Å². The Labute approximate surface area is 103 Å². The van der Waals surface area contributed by atoms with Gasteiger partial charge in [-0.3, -0.25) is 0 Å². The maximum atomic E-state index is 8.87. The third-order valence-corrected chi connectivity index (χ3v) is 2.43. The lowest BCUT2D eigenvalue weighted by Crippen LogP contribution is -2.08. The SMILES string of the molecule is COCCOCOc1c(Br)cccc1C#N. The predicted molar refractivity (Wildman–Crippen MR) is 62.2 cm³/mol. The molecule has 1 rings (SSSR count). The van der Waals surface area contributed by atoms with Crippen molar-refractivity contribution in [2.75, 3.05) is 27.1 Å². The third kappa shape index (κ3) is 3.81. The van der Waals surface area contributed by atoms with Crippen molar-refractivity contribution in [1.82, 2.24) is 0 Å². The van der Waals surface area contributed by atoms with Gasteiger partial charge in [-0.15, -0.1) is 0 Å². The number of nitriles is 1. The monoisotopic (exact) mass is 285 g/mol. The highest BCUT2D eigenvalue weighted by Crippen LogP contribution is 2.28. The molecule has 0 spiro atoms. The lowest BCUT2D eigenvalue weighted by Gasteiger charge is -2.09. The Morgan fingerprint density at radius 1 is 1.38 bits per heavy atom. The van der Waals surface area contributed by atoms with Crippen molar-refractivity contribution >= 4 is 15.9 Å². The van der Waals surface area contributed by atoms with Crippen molar-refractivity contribution in [2.45, 2.75) is 0 Å². The second-order valence-electron chi connectivity index (χ2n) is 2.89. The van der Waals surface area contributed by atoms with Gasteiger partial charge in [0.25, 0.3) is 0 Å². The molecule has 0 aromatic heterocycles. The van der Waals surface area contributed by atoms with Crippen molar-refractivity contribution in [3.63, 3.8) is 0 Å². The highest BCUT2D eigenvalue weighted by Gasteiger charge is 2.06. The summed E-state index contributed by atoms with van der Waals surface area (Å²) in [5.41, 5.74) is 0.477. The van der Waals surface area contributed by atoms with E-state index in [4.69, 9.17) is 19.5 Å². The van der Waals surface area contributed by atoms with Crippen LogP contribution in [0.4, 0.5) is 0 Å². The van der Waals surface area contributed by atoms with E-state index in [-0.39, 0.29) is 6.79 Å². The summed E-state index contributed by atoms with van der Waals surface area (Å²) in [5, 5.41) is 8.87. The predicted octanol–water partition coefficient (Wildman–Crippen LogP) is 2.32. The number of hydrogen-bond donors (Lipinski definition) is 0. The highest BCUT2D eigenvalue weighted by molar-refractivity contribution is 9.10. The number of benzene rings is 1. The fourth-order valence-corrected chi connectivity index (χ4v) is 1.53. The second-order valence-corrected chi connectivity index (χ2v) is 3.75. The number of methoxy groups -OCH3 is 1. The molecule has 0 saturated carbocycles. The van der Waals surface area contributed by atoms with Crippen LogP contribution < -0.4 is 4.74 Å². The average Bonchev–Trinajstić information content (AvgIpc) is 2.30. The topological polar surface area (TPSA) is 51.5 Å². The summed E-state index contributed by atoms with van der Waals surface area (Å²) >= 11 is 3.31. The van der Waals surface area contributed by atoms with E-state index in [1.807, 2.05) is 6.07 Å². The van der Waals surface area contributed by atoms with Crippen molar-refractivity contribution in [1.29, 1.82) is 5.26 Å². The molecule has 0 N–H and O–H groups in total. The van der Waals surface area contributed by atoms with Gasteiger partial charge in [-0.05, 0) is 28.1 Å². The first-order chi connectivity index (χ1) is 7.79. The molecule has 0 heterocycles. The molecule has 0 aliphatic rings. The Bertz CT molecular complexity index is 376. The molecule has 0 aliphatic heterocycles. The largest absolute Gasteiger partial charge is 0.465 e. The molecule has 1 aromatic carbocycles. The van der Waals surface area contributed by atoms with Gasteiger partial charge in [0, 0.05) is 7.11 Å². The van der Waals surface area contributed by atoms with Crippen molar-refractivity contribution in [2.24, 2.45) is 0 Å². The van der Waals surface area contributed by atoms with Crippen molar-refractivity contribution in [3.8, 4) is 11.8 Å². The van der Waals surface area contributed by atoms with E-state index in [1.54, 1.807) is 19.2 Å². The number of rotatable bonds is 6. The van der Waals surface area contributed by atoms with Gasteiger partial charge in [-0.1, -0.05) is 6.07 Å². The quantitative estimate of drug-likeness (QED) is 0.595. The lowest BCUT2D eigenvalue weighted by atomic mass is 10.2. The Balaban J connectivity index is 2.50. The van der Waals surface area contributed by atoms with Crippen LogP contribution in [0.3, 0.4) is 0 Å². The molecule has 0 unspecified atom stereocenters. The maximum absolute atomic E-state index is 8.87. The number of hydrogen-bond acceptors (Lipinski definition) is 4. The van der Waals surface area contributed by atoms with Gasteiger partial charge in [0.15, 0.2) is 12.5 Å². The zero-order valence-corrected chi connectivity index (χ0v) is 10.5. The summed E-state index contributed by atoms with van der Waals surface area (Å²) in [5.74, 6) is 0.502. The molecule has 0 amide bonds. The zero-order chi connectivity index (χ0) is 11.8. The van der Waals surface area contributed by atoms with Gasteiger partial charge in [0.2, 0.25) is 0 Å². The Kier molecular flexibility index (Phi) is 5.86. The van der Waals surface area contributed by atoms with E-state index >= 15 is 0 Å². The normalized spacial score (nSPS) is 9.81. The molecule has 16 heavy (non-hydrogen) atoms. The minimum Gasteiger partial charge on any atom is -0.465 e. The van der Waals surface area contributed by atoms with Gasteiger partial charge < -0.3 is 14.2 Å². The number of ether oxygens (including phenoxy) is 3. The summed E-state index contributed by atoms with van der Waals surface area (Å²) in [6.07, 6.45) is 0. The average molecular weight is 286 g/mol. The van der Waals surface area contributed by atoms with Crippen LogP contribution in [-0.2, 0) is 9.47 Å². The maximum Gasteiger partial charge on any atom is 0.189 e. The van der Waals surface area contributed by atoms with Crippen LogP contribution in [0, 0.1) is 11.3 Å². The second kappa shape index (κ2) is 7.23. The van der Waals surface area contributed by atoms with Gasteiger partial charge in [0.05, 0.1) is 23.2 Å². The van der Waals surface area contributed by atoms with Crippen LogP contribution in [0.15, 0.2) is 22.7 Å². The molecular weight excluding hydrogens is 274 g/mol. The minimum atomic E-state index is 0.0979. The summed E-state index contributed by atoms with van der Waals surface area (Å²) in [6.45, 7) is 1.08. The van der Waals surface area contributed by atoms with Crippen LogP contribution in [0.1, 0.15) is 5.56 Å². The summed E-state index contributed by atoms with van der Waals surface area (Å²) in [7, 11) is 1.60. The molecule has 4 nitrogen and oxygen atoms in total.